The van der Waals surface area contributed by atoms with Gasteiger partial charge in [0.15, 0.2) is 0 Å². The molecule has 1 unspecified atom stereocenters. The third kappa shape index (κ3) is 3.83. The van der Waals surface area contributed by atoms with E-state index in [4.69, 9.17) is 10.5 Å². The molecule has 1 atom stereocenters. The first kappa shape index (κ1) is 14.1. The van der Waals surface area contributed by atoms with E-state index in [1.807, 2.05) is 30.3 Å². The summed E-state index contributed by atoms with van der Waals surface area (Å²) in [7, 11) is 1.78. The Morgan fingerprint density at radius 2 is 2.20 bits per heavy atom. The maximum atomic E-state index is 11.8. The maximum Gasteiger partial charge on any atom is 0.241 e. The first-order valence-corrected chi connectivity index (χ1v) is 6.36. The van der Waals surface area contributed by atoms with E-state index < -0.39 is 6.04 Å². The molecule has 0 spiro atoms. The molecule has 2 rings (SSSR count). The lowest BCUT2D eigenvalue weighted by Crippen LogP contribution is -2.36. The van der Waals surface area contributed by atoms with Gasteiger partial charge in [0.25, 0.3) is 0 Å². The van der Waals surface area contributed by atoms with Crippen LogP contribution in [0, 0.1) is 0 Å². The molecule has 1 aromatic carbocycles. The van der Waals surface area contributed by atoms with E-state index >= 15 is 0 Å². The van der Waals surface area contributed by atoms with Gasteiger partial charge in [-0.25, -0.2) is 0 Å². The van der Waals surface area contributed by atoms with Gasteiger partial charge in [-0.2, -0.15) is 5.10 Å². The number of hydrogen-bond donors (Lipinski definition) is 2. The number of para-hydroxylation sites is 1. The van der Waals surface area contributed by atoms with Crippen LogP contribution in [0.1, 0.15) is 11.6 Å². The van der Waals surface area contributed by atoms with E-state index in [9.17, 15) is 4.79 Å². The standard InChI is InChI=1S/C14H18N4O2/c1-18-10-11(9-17-18)13(15)14(19)16-7-8-20-12-5-3-2-4-6-12/h2-6,9-10,13H,7-8,15H2,1H3,(H,16,19). The largest absolute Gasteiger partial charge is 0.492 e. The Hall–Kier alpha value is -2.34. The van der Waals surface area contributed by atoms with Gasteiger partial charge in [0.2, 0.25) is 5.91 Å². The molecule has 2 aromatic rings. The van der Waals surface area contributed by atoms with Gasteiger partial charge >= 0.3 is 0 Å². The van der Waals surface area contributed by atoms with Crippen molar-refractivity contribution < 1.29 is 9.53 Å². The van der Waals surface area contributed by atoms with Crippen LogP contribution in [-0.2, 0) is 11.8 Å². The molecule has 6 heteroatoms. The van der Waals surface area contributed by atoms with Gasteiger partial charge < -0.3 is 15.8 Å². The van der Waals surface area contributed by atoms with Crippen LogP contribution in [0.25, 0.3) is 0 Å². The molecule has 0 radical (unpaired) electrons. The summed E-state index contributed by atoms with van der Waals surface area (Å²) >= 11 is 0. The number of aryl methyl sites for hydroxylation is 1. The predicted molar refractivity (Wildman–Crippen MR) is 75.1 cm³/mol. The van der Waals surface area contributed by atoms with E-state index in [0.29, 0.717) is 18.7 Å². The summed E-state index contributed by atoms with van der Waals surface area (Å²) in [6.45, 7) is 0.803. The summed E-state index contributed by atoms with van der Waals surface area (Å²) in [5.74, 6) is 0.535. The van der Waals surface area contributed by atoms with Gasteiger partial charge in [-0.3, -0.25) is 9.48 Å². The smallest absolute Gasteiger partial charge is 0.241 e. The molecule has 0 aliphatic carbocycles. The summed E-state index contributed by atoms with van der Waals surface area (Å²) < 4.78 is 7.09. The number of rotatable bonds is 6. The number of benzene rings is 1. The number of nitrogens with two attached hydrogens (primary N) is 1. The topological polar surface area (TPSA) is 82.2 Å². The van der Waals surface area contributed by atoms with Crippen molar-refractivity contribution in [3.63, 3.8) is 0 Å². The monoisotopic (exact) mass is 274 g/mol. The highest BCUT2D eigenvalue weighted by molar-refractivity contribution is 5.82. The van der Waals surface area contributed by atoms with Gasteiger partial charge in [-0.05, 0) is 12.1 Å². The van der Waals surface area contributed by atoms with Crippen molar-refractivity contribution in [1.29, 1.82) is 0 Å². The van der Waals surface area contributed by atoms with Crippen molar-refractivity contribution in [2.75, 3.05) is 13.2 Å². The van der Waals surface area contributed by atoms with E-state index in [-0.39, 0.29) is 5.91 Å². The second-order valence-corrected chi connectivity index (χ2v) is 4.38. The van der Waals surface area contributed by atoms with Gasteiger partial charge in [-0.1, -0.05) is 18.2 Å². The highest BCUT2D eigenvalue weighted by atomic mass is 16.5. The number of ether oxygens (including phenoxy) is 1. The van der Waals surface area contributed by atoms with E-state index in [1.165, 1.54) is 0 Å². The number of carbonyl (C=O) groups excluding carboxylic acids is 1. The molecule has 1 aromatic heterocycles. The zero-order valence-electron chi connectivity index (χ0n) is 11.3. The maximum absolute atomic E-state index is 11.8. The Morgan fingerprint density at radius 3 is 2.85 bits per heavy atom. The fraction of sp³-hybridized carbons (Fsp3) is 0.286. The van der Waals surface area contributed by atoms with Gasteiger partial charge in [0.05, 0.1) is 12.7 Å². The fourth-order valence-electron chi connectivity index (χ4n) is 1.72. The summed E-state index contributed by atoms with van der Waals surface area (Å²) in [6, 6.07) is 8.73. The first-order valence-electron chi connectivity index (χ1n) is 6.36. The summed E-state index contributed by atoms with van der Waals surface area (Å²) in [4.78, 5) is 11.8. The number of nitrogens with zero attached hydrogens (tertiary/aromatic N) is 2. The minimum absolute atomic E-state index is 0.241. The Bertz CT molecular complexity index is 553. The Morgan fingerprint density at radius 1 is 1.45 bits per heavy atom. The molecule has 20 heavy (non-hydrogen) atoms. The lowest BCUT2D eigenvalue weighted by Gasteiger charge is -2.11. The molecule has 0 fully saturated rings. The molecule has 0 aliphatic rings. The SMILES string of the molecule is Cn1cc(C(N)C(=O)NCCOc2ccccc2)cn1. The zero-order chi connectivity index (χ0) is 14.4. The molecule has 0 bridgehead atoms. The van der Waals surface area contributed by atoms with Crippen molar-refractivity contribution in [3.05, 3.63) is 48.3 Å². The molecule has 0 saturated heterocycles. The fourth-order valence-corrected chi connectivity index (χ4v) is 1.72. The number of amides is 1. The minimum atomic E-state index is -0.708. The van der Waals surface area contributed by atoms with Crippen LogP contribution in [0.2, 0.25) is 0 Å². The molecule has 106 valence electrons. The Balaban J connectivity index is 1.72. The van der Waals surface area contributed by atoms with Crippen LogP contribution in [0.4, 0.5) is 0 Å². The van der Waals surface area contributed by atoms with Crippen molar-refractivity contribution in [1.82, 2.24) is 15.1 Å². The average Bonchev–Trinajstić information content (AvgIpc) is 2.90. The Labute approximate surface area is 117 Å². The second kappa shape index (κ2) is 6.72. The van der Waals surface area contributed by atoms with Crippen molar-refractivity contribution in [2.24, 2.45) is 12.8 Å². The van der Waals surface area contributed by atoms with E-state index in [1.54, 1.807) is 24.1 Å². The number of aromatic nitrogens is 2. The van der Waals surface area contributed by atoms with Crippen molar-refractivity contribution in [3.8, 4) is 5.75 Å². The van der Waals surface area contributed by atoms with Crippen molar-refractivity contribution >= 4 is 5.91 Å². The summed E-state index contributed by atoms with van der Waals surface area (Å²) in [6.07, 6.45) is 3.31. The van der Waals surface area contributed by atoms with Crippen LogP contribution in [0.3, 0.4) is 0 Å². The zero-order valence-corrected chi connectivity index (χ0v) is 11.3. The molecular formula is C14H18N4O2. The highest BCUT2D eigenvalue weighted by Crippen LogP contribution is 2.09. The number of hydrogen-bond acceptors (Lipinski definition) is 4. The highest BCUT2D eigenvalue weighted by Gasteiger charge is 2.16. The number of nitrogens with one attached hydrogen (secondary N) is 1. The van der Waals surface area contributed by atoms with Crippen LogP contribution >= 0.6 is 0 Å². The predicted octanol–water partition coefficient (Wildman–Crippen LogP) is 0.615. The molecule has 0 aliphatic heterocycles. The number of carbonyl (C=O) groups is 1. The van der Waals surface area contributed by atoms with E-state index in [0.717, 1.165) is 5.75 Å². The molecule has 1 heterocycles. The van der Waals surface area contributed by atoms with Crippen LogP contribution < -0.4 is 15.8 Å². The Kier molecular flexibility index (Phi) is 4.73. The summed E-state index contributed by atoms with van der Waals surface area (Å²) in [5, 5.41) is 6.72. The lowest BCUT2D eigenvalue weighted by atomic mass is 10.1. The molecule has 1 amide bonds. The van der Waals surface area contributed by atoms with E-state index in [2.05, 4.69) is 10.4 Å². The minimum Gasteiger partial charge on any atom is -0.492 e. The molecular weight excluding hydrogens is 256 g/mol. The summed E-state index contributed by atoms with van der Waals surface area (Å²) in [5.41, 5.74) is 6.53. The quantitative estimate of drug-likeness (QED) is 0.756. The first-order chi connectivity index (χ1) is 9.66. The molecule has 0 saturated carbocycles. The second-order valence-electron chi connectivity index (χ2n) is 4.38. The van der Waals surface area contributed by atoms with Gasteiger partial charge in [-0.15, -0.1) is 0 Å². The van der Waals surface area contributed by atoms with Crippen LogP contribution in [0.15, 0.2) is 42.7 Å². The average molecular weight is 274 g/mol. The lowest BCUT2D eigenvalue weighted by molar-refractivity contribution is -0.122. The molecule has 6 nitrogen and oxygen atoms in total. The third-order valence-corrected chi connectivity index (χ3v) is 2.78. The van der Waals surface area contributed by atoms with Gasteiger partial charge in [0.1, 0.15) is 18.4 Å². The van der Waals surface area contributed by atoms with Crippen molar-refractivity contribution in [2.45, 2.75) is 6.04 Å². The normalized spacial score (nSPS) is 11.9. The molecule has 3 N–H and O–H groups in total. The van der Waals surface area contributed by atoms with Crippen LogP contribution in [0.5, 0.6) is 5.75 Å². The van der Waals surface area contributed by atoms with Crippen LogP contribution in [-0.4, -0.2) is 28.8 Å². The third-order valence-electron chi connectivity index (χ3n) is 2.78. The van der Waals surface area contributed by atoms with Gasteiger partial charge in [0, 0.05) is 18.8 Å².